The van der Waals surface area contributed by atoms with Crippen molar-refractivity contribution in [3.8, 4) is 0 Å². The largest absolute Gasteiger partial charge is 0.376 e. The first kappa shape index (κ1) is 17.2. The molecule has 132 valence electrons. The van der Waals surface area contributed by atoms with Crippen molar-refractivity contribution >= 4 is 17.6 Å². The maximum atomic E-state index is 12.8. The lowest BCUT2D eigenvalue weighted by atomic mass is 10.1. The van der Waals surface area contributed by atoms with Gasteiger partial charge in [0.15, 0.2) is 5.82 Å². The highest BCUT2D eigenvalue weighted by Gasteiger charge is 2.25. The van der Waals surface area contributed by atoms with Crippen molar-refractivity contribution in [1.82, 2.24) is 10.1 Å². The van der Waals surface area contributed by atoms with E-state index in [0.29, 0.717) is 24.5 Å². The van der Waals surface area contributed by atoms with Crippen LogP contribution in [-0.2, 0) is 9.53 Å². The van der Waals surface area contributed by atoms with Crippen molar-refractivity contribution in [2.24, 2.45) is 0 Å². The Morgan fingerprint density at radius 3 is 2.72 bits per heavy atom. The summed E-state index contributed by atoms with van der Waals surface area (Å²) < 4.78 is 10.3. The van der Waals surface area contributed by atoms with Crippen molar-refractivity contribution in [3.05, 3.63) is 47.7 Å². The zero-order chi connectivity index (χ0) is 17.6. The Morgan fingerprint density at radius 1 is 1.28 bits per heavy atom. The van der Waals surface area contributed by atoms with Gasteiger partial charge in [0.2, 0.25) is 5.91 Å². The molecule has 1 unspecified atom stereocenters. The molecule has 1 aromatic heterocycles. The van der Waals surface area contributed by atoms with Crippen molar-refractivity contribution in [1.29, 1.82) is 0 Å². The van der Waals surface area contributed by atoms with Crippen LogP contribution in [0.4, 0.5) is 5.82 Å². The van der Waals surface area contributed by atoms with Crippen LogP contribution in [0, 0.1) is 6.92 Å². The van der Waals surface area contributed by atoms with E-state index in [2.05, 4.69) is 10.5 Å². The van der Waals surface area contributed by atoms with Gasteiger partial charge in [0.1, 0.15) is 12.8 Å². The van der Waals surface area contributed by atoms with E-state index in [1.54, 1.807) is 18.2 Å². The van der Waals surface area contributed by atoms with Gasteiger partial charge in [-0.2, -0.15) is 0 Å². The summed E-state index contributed by atoms with van der Waals surface area (Å²) >= 11 is 0. The van der Waals surface area contributed by atoms with E-state index in [9.17, 15) is 9.59 Å². The number of nitrogens with zero attached hydrogens (tertiary/aromatic N) is 2. The third-order valence-electron chi connectivity index (χ3n) is 4.07. The number of nitrogens with one attached hydrogen (secondary N) is 1. The number of hydrogen-bond acceptors (Lipinski definition) is 5. The van der Waals surface area contributed by atoms with E-state index in [4.69, 9.17) is 9.26 Å². The van der Waals surface area contributed by atoms with Gasteiger partial charge in [0, 0.05) is 24.8 Å². The van der Waals surface area contributed by atoms with Crippen molar-refractivity contribution < 1.29 is 18.8 Å². The second-order valence-corrected chi connectivity index (χ2v) is 6.12. The normalized spacial score (nSPS) is 16.6. The Labute approximate surface area is 145 Å². The minimum Gasteiger partial charge on any atom is -0.376 e. The first-order valence-corrected chi connectivity index (χ1v) is 8.29. The Kier molecular flexibility index (Phi) is 5.45. The smallest absolute Gasteiger partial charge is 0.254 e. The summed E-state index contributed by atoms with van der Waals surface area (Å²) in [7, 11) is 0. The third-order valence-corrected chi connectivity index (χ3v) is 4.07. The summed E-state index contributed by atoms with van der Waals surface area (Å²) in [5.74, 6) is -0.192. The maximum Gasteiger partial charge on any atom is 0.254 e. The SMILES string of the molecule is Cc1ccc(C(=O)N(CC(=O)Nc2ccon2)CC2CCCO2)cc1. The molecule has 2 amide bonds. The minimum absolute atomic E-state index is 0.0331. The number of carbonyl (C=O) groups is 2. The molecule has 2 heterocycles. The van der Waals surface area contributed by atoms with E-state index in [1.807, 2.05) is 19.1 Å². The van der Waals surface area contributed by atoms with Gasteiger partial charge in [-0.15, -0.1) is 0 Å². The number of anilines is 1. The lowest BCUT2D eigenvalue weighted by Gasteiger charge is -2.25. The van der Waals surface area contributed by atoms with Gasteiger partial charge >= 0.3 is 0 Å². The van der Waals surface area contributed by atoms with Crippen LogP contribution in [0.2, 0.25) is 0 Å². The summed E-state index contributed by atoms with van der Waals surface area (Å²) in [5.41, 5.74) is 1.63. The Hall–Kier alpha value is -2.67. The van der Waals surface area contributed by atoms with Crippen LogP contribution >= 0.6 is 0 Å². The number of aromatic nitrogens is 1. The molecule has 25 heavy (non-hydrogen) atoms. The van der Waals surface area contributed by atoms with Crippen LogP contribution in [-0.4, -0.2) is 47.7 Å². The minimum atomic E-state index is -0.327. The van der Waals surface area contributed by atoms with Gasteiger partial charge < -0.3 is 19.5 Å². The number of hydrogen-bond donors (Lipinski definition) is 1. The van der Waals surface area contributed by atoms with E-state index in [0.717, 1.165) is 18.4 Å². The first-order valence-electron chi connectivity index (χ1n) is 8.29. The molecule has 1 aromatic carbocycles. The quantitative estimate of drug-likeness (QED) is 0.869. The highest BCUT2D eigenvalue weighted by Crippen LogP contribution is 2.16. The highest BCUT2D eigenvalue weighted by atomic mass is 16.5. The zero-order valence-corrected chi connectivity index (χ0v) is 14.1. The average molecular weight is 343 g/mol. The number of carbonyl (C=O) groups excluding carboxylic acids is 2. The molecule has 1 aliphatic rings. The summed E-state index contributed by atoms with van der Waals surface area (Å²) in [4.78, 5) is 26.6. The molecule has 1 aliphatic heterocycles. The molecule has 1 saturated heterocycles. The molecule has 0 bridgehead atoms. The van der Waals surface area contributed by atoms with Crippen LogP contribution in [0.5, 0.6) is 0 Å². The maximum absolute atomic E-state index is 12.8. The molecule has 3 rings (SSSR count). The lowest BCUT2D eigenvalue weighted by molar-refractivity contribution is -0.117. The number of rotatable bonds is 6. The Balaban J connectivity index is 1.70. The second kappa shape index (κ2) is 7.94. The molecule has 0 saturated carbocycles. The van der Waals surface area contributed by atoms with Gasteiger partial charge in [-0.25, -0.2) is 0 Å². The van der Waals surface area contributed by atoms with Gasteiger partial charge in [0.05, 0.1) is 6.10 Å². The number of aryl methyl sites for hydroxylation is 1. The summed E-state index contributed by atoms with van der Waals surface area (Å²) in [6.45, 7) is 2.98. The third kappa shape index (κ3) is 4.67. The van der Waals surface area contributed by atoms with Gasteiger partial charge in [-0.1, -0.05) is 22.9 Å². The molecular weight excluding hydrogens is 322 g/mol. The monoisotopic (exact) mass is 343 g/mol. The Morgan fingerprint density at radius 2 is 2.08 bits per heavy atom. The van der Waals surface area contributed by atoms with Crippen LogP contribution < -0.4 is 5.32 Å². The highest BCUT2D eigenvalue weighted by molar-refractivity contribution is 5.99. The number of ether oxygens (including phenoxy) is 1. The summed E-state index contributed by atoms with van der Waals surface area (Å²) in [6.07, 6.45) is 3.21. The Bertz CT molecular complexity index is 706. The van der Waals surface area contributed by atoms with E-state index < -0.39 is 0 Å². The van der Waals surface area contributed by atoms with Gasteiger partial charge in [0.25, 0.3) is 5.91 Å². The molecule has 1 N–H and O–H groups in total. The fourth-order valence-corrected chi connectivity index (χ4v) is 2.76. The fourth-order valence-electron chi connectivity index (χ4n) is 2.76. The van der Waals surface area contributed by atoms with Gasteiger partial charge in [-0.3, -0.25) is 9.59 Å². The summed E-state index contributed by atoms with van der Waals surface area (Å²) in [5, 5.41) is 6.26. The molecule has 7 nitrogen and oxygen atoms in total. The molecule has 0 aliphatic carbocycles. The topological polar surface area (TPSA) is 84.7 Å². The van der Waals surface area contributed by atoms with E-state index in [1.165, 1.54) is 11.2 Å². The predicted molar refractivity (Wildman–Crippen MR) is 91.2 cm³/mol. The van der Waals surface area contributed by atoms with E-state index in [-0.39, 0.29) is 24.5 Å². The fraction of sp³-hybridized carbons (Fsp3) is 0.389. The molecule has 7 heteroatoms. The molecule has 0 spiro atoms. The van der Waals surface area contributed by atoms with Crippen LogP contribution in [0.25, 0.3) is 0 Å². The summed E-state index contributed by atoms with van der Waals surface area (Å²) in [6, 6.07) is 8.86. The molecule has 0 radical (unpaired) electrons. The van der Waals surface area contributed by atoms with Crippen LogP contribution in [0.1, 0.15) is 28.8 Å². The van der Waals surface area contributed by atoms with Crippen molar-refractivity contribution in [2.75, 3.05) is 25.0 Å². The predicted octanol–water partition coefficient (Wildman–Crippen LogP) is 2.24. The molecule has 1 fully saturated rings. The van der Waals surface area contributed by atoms with Crippen molar-refractivity contribution in [3.63, 3.8) is 0 Å². The molecule has 2 aromatic rings. The van der Waals surface area contributed by atoms with Crippen LogP contribution in [0.3, 0.4) is 0 Å². The molecule has 1 atom stereocenters. The average Bonchev–Trinajstić information content (AvgIpc) is 3.28. The lowest BCUT2D eigenvalue weighted by Crippen LogP contribution is -2.42. The second-order valence-electron chi connectivity index (χ2n) is 6.12. The zero-order valence-electron chi connectivity index (χ0n) is 14.1. The van der Waals surface area contributed by atoms with Crippen LogP contribution in [0.15, 0.2) is 41.1 Å². The standard InChI is InChI=1S/C18H21N3O4/c1-13-4-6-14(7-5-13)18(23)21(11-15-3-2-9-24-15)12-17(22)19-16-8-10-25-20-16/h4-8,10,15H,2-3,9,11-12H2,1H3,(H,19,20,22). The number of amides is 2. The molecular formula is C18H21N3O4. The van der Waals surface area contributed by atoms with Crippen molar-refractivity contribution in [2.45, 2.75) is 25.9 Å². The van der Waals surface area contributed by atoms with E-state index >= 15 is 0 Å². The van der Waals surface area contributed by atoms with Gasteiger partial charge in [-0.05, 0) is 31.9 Å². The number of benzene rings is 1. The first-order chi connectivity index (χ1) is 12.1.